The Bertz CT molecular complexity index is 593. The fourth-order valence-electron chi connectivity index (χ4n) is 3.02. The largest absolute Gasteiger partial charge is 0.354 e. The van der Waals surface area contributed by atoms with Gasteiger partial charge in [0.1, 0.15) is 5.54 Å². The minimum atomic E-state index is -3.42. The number of amides is 1. The Morgan fingerprint density at radius 2 is 1.77 bits per heavy atom. The molecule has 1 aliphatic rings. The first-order chi connectivity index (χ1) is 10.4. The summed E-state index contributed by atoms with van der Waals surface area (Å²) in [6.07, 6.45) is 5.77. The van der Waals surface area contributed by atoms with Crippen LogP contribution in [-0.4, -0.2) is 32.7 Å². The van der Waals surface area contributed by atoms with E-state index in [1.165, 1.54) is 0 Å². The maximum Gasteiger partial charge on any atom is 0.241 e. The second-order valence-electron chi connectivity index (χ2n) is 6.01. The van der Waals surface area contributed by atoms with E-state index in [0.29, 0.717) is 19.4 Å². The summed E-state index contributed by atoms with van der Waals surface area (Å²) in [5.74, 6) is -0.200. The molecular formula is C16H24N2O3S. The molecule has 6 heteroatoms. The van der Waals surface area contributed by atoms with Gasteiger partial charge in [-0.3, -0.25) is 4.79 Å². The van der Waals surface area contributed by atoms with E-state index in [9.17, 15) is 13.2 Å². The molecule has 5 nitrogen and oxygen atoms in total. The van der Waals surface area contributed by atoms with Gasteiger partial charge in [-0.15, -0.1) is 0 Å². The molecule has 0 radical (unpaired) electrons. The van der Waals surface area contributed by atoms with Gasteiger partial charge in [-0.25, -0.2) is 8.42 Å². The van der Waals surface area contributed by atoms with Crippen LogP contribution in [0.15, 0.2) is 30.3 Å². The summed E-state index contributed by atoms with van der Waals surface area (Å²) in [6.45, 7) is 0.510. The Morgan fingerprint density at radius 1 is 1.14 bits per heavy atom. The highest BCUT2D eigenvalue weighted by Crippen LogP contribution is 2.29. The van der Waals surface area contributed by atoms with Crippen molar-refractivity contribution in [1.29, 1.82) is 0 Å². The summed E-state index contributed by atoms with van der Waals surface area (Å²) in [4.78, 5) is 12.5. The third-order valence-corrected chi connectivity index (χ3v) is 4.83. The zero-order valence-corrected chi connectivity index (χ0v) is 13.8. The molecule has 0 bridgehead atoms. The lowest BCUT2D eigenvalue weighted by Gasteiger charge is -2.35. The van der Waals surface area contributed by atoms with E-state index < -0.39 is 15.6 Å². The molecule has 1 aromatic carbocycles. The Morgan fingerprint density at radius 3 is 2.36 bits per heavy atom. The van der Waals surface area contributed by atoms with Crippen molar-refractivity contribution in [2.24, 2.45) is 0 Å². The SMILES string of the molecule is CS(=O)(=O)NC1(C(=O)NCCc2ccccc2)CCCCC1. The molecule has 1 amide bonds. The van der Waals surface area contributed by atoms with Crippen LogP contribution in [0.2, 0.25) is 0 Å². The van der Waals surface area contributed by atoms with Crippen LogP contribution in [0.3, 0.4) is 0 Å². The standard InChI is InChI=1S/C16H24N2O3S/c1-22(20,21)18-16(11-6-3-7-12-16)15(19)17-13-10-14-8-4-2-5-9-14/h2,4-5,8-9,18H,3,6-7,10-13H2,1H3,(H,17,19). The second kappa shape index (κ2) is 7.24. The van der Waals surface area contributed by atoms with Gasteiger partial charge in [0.15, 0.2) is 0 Å². The molecule has 0 saturated heterocycles. The molecule has 1 aromatic rings. The van der Waals surface area contributed by atoms with Crippen molar-refractivity contribution in [3.8, 4) is 0 Å². The van der Waals surface area contributed by atoms with E-state index in [4.69, 9.17) is 0 Å². The van der Waals surface area contributed by atoms with Crippen molar-refractivity contribution in [3.05, 3.63) is 35.9 Å². The fraction of sp³-hybridized carbons (Fsp3) is 0.562. The highest BCUT2D eigenvalue weighted by atomic mass is 32.2. The van der Waals surface area contributed by atoms with Crippen molar-refractivity contribution in [3.63, 3.8) is 0 Å². The number of hydrogen-bond donors (Lipinski definition) is 2. The van der Waals surface area contributed by atoms with Crippen LogP contribution in [0, 0.1) is 0 Å². The van der Waals surface area contributed by atoms with Gasteiger partial charge in [-0.1, -0.05) is 49.6 Å². The van der Waals surface area contributed by atoms with Gasteiger partial charge < -0.3 is 5.32 Å². The molecular weight excluding hydrogens is 300 g/mol. The van der Waals surface area contributed by atoms with Gasteiger partial charge >= 0.3 is 0 Å². The van der Waals surface area contributed by atoms with E-state index in [2.05, 4.69) is 10.0 Å². The minimum Gasteiger partial charge on any atom is -0.354 e. The lowest BCUT2D eigenvalue weighted by atomic mass is 9.82. The van der Waals surface area contributed by atoms with Crippen molar-refractivity contribution in [1.82, 2.24) is 10.0 Å². The number of benzene rings is 1. The van der Waals surface area contributed by atoms with Crippen LogP contribution in [0.1, 0.15) is 37.7 Å². The predicted octanol–water partition coefficient (Wildman–Crippen LogP) is 1.60. The molecule has 0 aromatic heterocycles. The van der Waals surface area contributed by atoms with Crippen LogP contribution in [0.5, 0.6) is 0 Å². The minimum absolute atomic E-state index is 0.200. The molecule has 0 spiro atoms. The van der Waals surface area contributed by atoms with Crippen LogP contribution < -0.4 is 10.0 Å². The molecule has 1 saturated carbocycles. The zero-order valence-electron chi connectivity index (χ0n) is 13.0. The van der Waals surface area contributed by atoms with Crippen LogP contribution in [0.4, 0.5) is 0 Å². The van der Waals surface area contributed by atoms with Crippen molar-refractivity contribution >= 4 is 15.9 Å². The van der Waals surface area contributed by atoms with E-state index in [-0.39, 0.29) is 5.91 Å². The molecule has 0 atom stereocenters. The smallest absolute Gasteiger partial charge is 0.241 e. The average molecular weight is 324 g/mol. The van der Waals surface area contributed by atoms with Gasteiger partial charge in [-0.2, -0.15) is 4.72 Å². The van der Waals surface area contributed by atoms with Crippen molar-refractivity contribution in [2.45, 2.75) is 44.1 Å². The summed E-state index contributed by atoms with van der Waals surface area (Å²) in [7, 11) is -3.42. The van der Waals surface area contributed by atoms with E-state index in [1.54, 1.807) is 0 Å². The maximum atomic E-state index is 12.5. The summed E-state index contributed by atoms with van der Waals surface area (Å²) in [5, 5.41) is 2.90. The molecule has 0 unspecified atom stereocenters. The Hall–Kier alpha value is -1.40. The lowest BCUT2D eigenvalue weighted by molar-refractivity contribution is -0.128. The third kappa shape index (κ3) is 4.81. The molecule has 0 aliphatic heterocycles. The quantitative estimate of drug-likeness (QED) is 0.834. The first-order valence-electron chi connectivity index (χ1n) is 7.72. The number of carbonyl (C=O) groups is 1. The van der Waals surface area contributed by atoms with Gasteiger partial charge in [-0.05, 0) is 24.8 Å². The average Bonchev–Trinajstić information content (AvgIpc) is 2.47. The van der Waals surface area contributed by atoms with Gasteiger partial charge in [0.05, 0.1) is 6.26 Å². The highest BCUT2D eigenvalue weighted by Gasteiger charge is 2.41. The van der Waals surface area contributed by atoms with Crippen molar-refractivity contribution < 1.29 is 13.2 Å². The zero-order chi connectivity index (χ0) is 16.1. The summed E-state index contributed by atoms with van der Waals surface area (Å²) in [5.41, 5.74) is 0.180. The van der Waals surface area contributed by atoms with Crippen molar-refractivity contribution in [2.75, 3.05) is 12.8 Å². The third-order valence-electron chi connectivity index (χ3n) is 4.06. The molecule has 22 heavy (non-hydrogen) atoms. The summed E-state index contributed by atoms with van der Waals surface area (Å²) >= 11 is 0. The molecule has 122 valence electrons. The Labute approximate surface area is 132 Å². The molecule has 1 fully saturated rings. The van der Waals surface area contributed by atoms with Gasteiger partial charge in [0.2, 0.25) is 15.9 Å². The maximum absolute atomic E-state index is 12.5. The van der Waals surface area contributed by atoms with E-state index in [1.807, 2.05) is 30.3 Å². The number of rotatable bonds is 6. The van der Waals surface area contributed by atoms with Crippen LogP contribution in [0.25, 0.3) is 0 Å². The summed E-state index contributed by atoms with van der Waals surface area (Å²) < 4.78 is 25.8. The Kier molecular flexibility index (Phi) is 5.58. The Balaban J connectivity index is 1.97. The predicted molar refractivity (Wildman–Crippen MR) is 87.0 cm³/mol. The van der Waals surface area contributed by atoms with E-state index in [0.717, 1.165) is 37.5 Å². The van der Waals surface area contributed by atoms with Gasteiger partial charge in [0, 0.05) is 6.54 Å². The van der Waals surface area contributed by atoms with E-state index >= 15 is 0 Å². The summed E-state index contributed by atoms with van der Waals surface area (Å²) in [6, 6.07) is 9.90. The number of hydrogen-bond acceptors (Lipinski definition) is 3. The highest BCUT2D eigenvalue weighted by molar-refractivity contribution is 7.88. The van der Waals surface area contributed by atoms with Crippen LogP contribution >= 0.6 is 0 Å². The monoisotopic (exact) mass is 324 g/mol. The number of carbonyl (C=O) groups excluding carboxylic acids is 1. The van der Waals surface area contributed by atoms with Gasteiger partial charge in [0.25, 0.3) is 0 Å². The normalized spacial score (nSPS) is 17.9. The topological polar surface area (TPSA) is 75.3 Å². The lowest BCUT2D eigenvalue weighted by Crippen LogP contribution is -2.59. The first kappa shape index (κ1) is 17.0. The number of sulfonamides is 1. The first-order valence-corrected chi connectivity index (χ1v) is 9.62. The molecule has 2 N–H and O–H groups in total. The second-order valence-corrected chi connectivity index (χ2v) is 7.76. The number of nitrogens with one attached hydrogen (secondary N) is 2. The molecule has 2 rings (SSSR count). The molecule has 1 aliphatic carbocycles. The van der Waals surface area contributed by atoms with Crippen LogP contribution in [-0.2, 0) is 21.2 Å². The fourth-order valence-corrected chi connectivity index (χ4v) is 4.03. The molecule has 0 heterocycles.